The molecule has 0 saturated carbocycles. The Hall–Kier alpha value is -1.61. The Morgan fingerprint density at radius 2 is 2.04 bits per heavy atom. The lowest BCUT2D eigenvalue weighted by Crippen LogP contribution is -2.43. The van der Waals surface area contributed by atoms with Gasteiger partial charge in [0.2, 0.25) is 5.91 Å². The van der Waals surface area contributed by atoms with E-state index >= 15 is 0 Å². The molecule has 5 nitrogen and oxygen atoms in total. The monoisotopic (exact) mass is 337 g/mol. The maximum absolute atomic E-state index is 11.5. The van der Waals surface area contributed by atoms with Crippen LogP contribution in [0.15, 0.2) is 24.3 Å². The highest BCUT2D eigenvalue weighted by Crippen LogP contribution is 2.25. The standard InChI is InChI=1S/C17H23N3O2.ClH/c1-12(2)15-9-20(10-16(15)19-17(22)11-21)8-14-5-3-13(7-18)4-6-14;/h3-6,12,15-16,21H,8-11H2,1-2H3,(H,19,22);1H/t15-,16+;/m1./s1. The van der Waals surface area contributed by atoms with Crippen LogP contribution in [0.3, 0.4) is 0 Å². The molecule has 0 aromatic heterocycles. The van der Waals surface area contributed by atoms with Gasteiger partial charge in [-0.1, -0.05) is 26.0 Å². The van der Waals surface area contributed by atoms with Crippen LogP contribution in [0.2, 0.25) is 0 Å². The Morgan fingerprint density at radius 1 is 1.39 bits per heavy atom. The average Bonchev–Trinajstić information content (AvgIpc) is 2.90. The van der Waals surface area contributed by atoms with E-state index in [4.69, 9.17) is 10.4 Å². The molecule has 1 heterocycles. The van der Waals surface area contributed by atoms with E-state index in [-0.39, 0.29) is 24.4 Å². The Balaban J connectivity index is 0.00000264. The molecule has 2 N–H and O–H groups in total. The van der Waals surface area contributed by atoms with Gasteiger partial charge in [0, 0.05) is 25.7 Å². The molecule has 0 bridgehead atoms. The summed E-state index contributed by atoms with van der Waals surface area (Å²) < 4.78 is 0. The number of halogens is 1. The number of aliphatic hydroxyl groups excluding tert-OH is 1. The van der Waals surface area contributed by atoms with Crippen LogP contribution >= 0.6 is 12.4 Å². The lowest BCUT2D eigenvalue weighted by Gasteiger charge is -2.22. The number of carbonyl (C=O) groups is 1. The first kappa shape index (κ1) is 19.4. The molecule has 0 aliphatic carbocycles. The maximum Gasteiger partial charge on any atom is 0.245 e. The fourth-order valence-corrected chi connectivity index (χ4v) is 3.07. The first-order chi connectivity index (χ1) is 10.5. The van der Waals surface area contributed by atoms with Crippen LogP contribution < -0.4 is 5.32 Å². The van der Waals surface area contributed by atoms with Crippen molar-refractivity contribution in [3.8, 4) is 6.07 Å². The van der Waals surface area contributed by atoms with Gasteiger partial charge in [-0.15, -0.1) is 12.4 Å². The first-order valence-corrected chi connectivity index (χ1v) is 7.65. The fourth-order valence-electron chi connectivity index (χ4n) is 3.07. The Bertz CT molecular complexity index is 554. The van der Waals surface area contributed by atoms with E-state index < -0.39 is 6.61 Å². The maximum atomic E-state index is 11.5. The number of nitriles is 1. The largest absolute Gasteiger partial charge is 0.387 e. The minimum Gasteiger partial charge on any atom is -0.387 e. The number of nitrogens with one attached hydrogen (secondary N) is 1. The summed E-state index contributed by atoms with van der Waals surface area (Å²) in [6.45, 7) is 6.38. The third kappa shape index (κ3) is 5.21. The van der Waals surface area contributed by atoms with Crippen molar-refractivity contribution in [2.24, 2.45) is 11.8 Å². The lowest BCUT2D eigenvalue weighted by atomic mass is 9.91. The van der Waals surface area contributed by atoms with Crippen molar-refractivity contribution in [3.05, 3.63) is 35.4 Å². The van der Waals surface area contributed by atoms with E-state index in [1.165, 1.54) is 0 Å². The van der Waals surface area contributed by atoms with Crippen LogP contribution in [-0.4, -0.2) is 41.7 Å². The molecular weight excluding hydrogens is 314 g/mol. The number of hydrogen-bond acceptors (Lipinski definition) is 4. The van der Waals surface area contributed by atoms with E-state index in [1.54, 1.807) is 0 Å². The van der Waals surface area contributed by atoms with Crippen molar-refractivity contribution >= 4 is 18.3 Å². The molecule has 0 spiro atoms. The molecule has 1 amide bonds. The van der Waals surface area contributed by atoms with Gasteiger partial charge in [0.05, 0.1) is 11.6 Å². The van der Waals surface area contributed by atoms with Gasteiger partial charge in [0.25, 0.3) is 0 Å². The number of likely N-dealkylation sites (tertiary alicyclic amines) is 1. The van der Waals surface area contributed by atoms with Gasteiger partial charge in [-0.3, -0.25) is 9.69 Å². The van der Waals surface area contributed by atoms with Gasteiger partial charge in [-0.2, -0.15) is 5.26 Å². The van der Waals surface area contributed by atoms with Gasteiger partial charge in [0.15, 0.2) is 0 Å². The summed E-state index contributed by atoms with van der Waals surface area (Å²) in [6.07, 6.45) is 0. The zero-order valence-electron chi connectivity index (χ0n) is 13.5. The quantitative estimate of drug-likeness (QED) is 0.854. The second kappa shape index (κ2) is 8.88. The molecule has 0 unspecified atom stereocenters. The molecule has 2 rings (SSSR count). The van der Waals surface area contributed by atoms with E-state index in [0.717, 1.165) is 25.2 Å². The minimum absolute atomic E-state index is 0. The van der Waals surface area contributed by atoms with E-state index in [1.807, 2.05) is 24.3 Å². The van der Waals surface area contributed by atoms with Crippen molar-refractivity contribution < 1.29 is 9.90 Å². The summed E-state index contributed by atoms with van der Waals surface area (Å²) in [5.74, 6) is 0.541. The van der Waals surface area contributed by atoms with Crippen molar-refractivity contribution in [3.63, 3.8) is 0 Å². The number of aliphatic hydroxyl groups is 1. The highest BCUT2D eigenvalue weighted by Gasteiger charge is 2.35. The average molecular weight is 338 g/mol. The fraction of sp³-hybridized carbons (Fsp3) is 0.529. The van der Waals surface area contributed by atoms with Gasteiger partial charge < -0.3 is 10.4 Å². The molecule has 1 aromatic rings. The lowest BCUT2D eigenvalue weighted by molar-refractivity contribution is -0.124. The van der Waals surface area contributed by atoms with Crippen molar-refractivity contribution in [2.75, 3.05) is 19.7 Å². The number of nitrogens with zero attached hydrogens (tertiary/aromatic N) is 2. The second-order valence-corrected chi connectivity index (χ2v) is 6.24. The zero-order valence-corrected chi connectivity index (χ0v) is 14.3. The van der Waals surface area contributed by atoms with E-state index in [2.05, 4.69) is 30.1 Å². The van der Waals surface area contributed by atoms with E-state index in [9.17, 15) is 4.79 Å². The number of rotatable bonds is 5. The summed E-state index contributed by atoms with van der Waals surface area (Å²) in [5.41, 5.74) is 1.83. The number of carbonyl (C=O) groups excluding carboxylic acids is 1. The highest BCUT2D eigenvalue weighted by molar-refractivity contribution is 5.85. The third-order valence-corrected chi connectivity index (χ3v) is 4.28. The molecular formula is C17H24ClN3O2. The zero-order chi connectivity index (χ0) is 16.1. The molecule has 126 valence electrons. The van der Waals surface area contributed by atoms with Crippen LogP contribution in [0.5, 0.6) is 0 Å². The van der Waals surface area contributed by atoms with Crippen molar-refractivity contribution in [1.82, 2.24) is 10.2 Å². The number of amides is 1. The Morgan fingerprint density at radius 3 is 2.57 bits per heavy atom. The van der Waals surface area contributed by atoms with Crippen LogP contribution in [-0.2, 0) is 11.3 Å². The predicted octanol–water partition coefficient (Wildman–Crippen LogP) is 1.54. The van der Waals surface area contributed by atoms with Crippen LogP contribution in [0.1, 0.15) is 25.0 Å². The normalized spacial score (nSPS) is 20.8. The molecule has 1 fully saturated rings. The van der Waals surface area contributed by atoms with Gasteiger partial charge >= 0.3 is 0 Å². The summed E-state index contributed by atoms with van der Waals surface area (Å²) >= 11 is 0. The molecule has 2 atom stereocenters. The summed E-state index contributed by atoms with van der Waals surface area (Å²) in [7, 11) is 0. The number of hydrogen-bond donors (Lipinski definition) is 2. The van der Waals surface area contributed by atoms with Gasteiger partial charge in [-0.05, 0) is 29.5 Å². The molecule has 6 heteroatoms. The molecule has 1 saturated heterocycles. The van der Waals surface area contributed by atoms with Crippen molar-refractivity contribution in [1.29, 1.82) is 5.26 Å². The molecule has 1 aromatic carbocycles. The third-order valence-electron chi connectivity index (χ3n) is 4.28. The summed E-state index contributed by atoms with van der Waals surface area (Å²) in [5, 5.41) is 20.7. The van der Waals surface area contributed by atoms with Gasteiger partial charge in [-0.25, -0.2) is 0 Å². The molecule has 0 radical (unpaired) electrons. The van der Waals surface area contributed by atoms with Crippen LogP contribution in [0.4, 0.5) is 0 Å². The van der Waals surface area contributed by atoms with Crippen LogP contribution in [0.25, 0.3) is 0 Å². The molecule has 1 aliphatic heterocycles. The number of benzene rings is 1. The SMILES string of the molecule is CC(C)[C@H]1CN(Cc2ccc(C#N)cc2)C[C@@H]1NC(=O)CO.Cl. The highest BCUT2D eigenvalue weighted by atomic mass is 35.5. The molecule has 23 heavy (non-hydrogen) atoms. The van der Waals surface area contributed by atoms with Gasteiger partial charge in [0.1, 0.15) is 6.61 Å². The predicted molar refractivity (Wildman–Crippen MR) is 91.0 cm³/mol. The molecule has 1 aliphatic rings. The Labute approximate surface area is 143 Å². The second-order valence-electron chi connectivity index (χ2n) is 6.24. The van der Waals surface area contributed by atoms with Crippen molar-refractivity contribution in [2.45, 2.75) is 26.4 Å². The van der Waals surface area contributed by atoms with E-state index in [0.29, 0.717) is 17.4 Å². The Kier molecular flexibility index (Phi) is 7.50. The smallest absolute Gasteiger partial charge is 0.245 e. The summed E-state index contributed by atoms with van der Waals surface area (Å²) in [4.78, 5) is 13.8. The topological polar surface area (TPSA) is 76.4 Å². The minimum atomic E-state index is -0.461. The summed E-state index contributed by atoms with van der Waals surface area (Å²) in [6, 6.07) is 9.81. The van der Waals surface area contributed by atoms with Crippen LogP contribution in [0, 0.1) is 23.2 Å². The first-order valence-electron chi connectivity index (χ1n) is 7.65.